The van der Waals surface area contributed by atoms with Gasteiger partial charge in [0.25, 0.3) is 0 Å². The third kappa shape index (κ3) is 4.39. The van der Waals surface area contributed by atoms with E-state index in [4.69, 9.17) is 14.7 Å². The number of aromatic nitrogens is 3. The Labute approximate surface area is 260 Å². The molecule has 0 radical (unpaired) electrons. The van der Waals surface area contributed by atoms with Crippen molar-refractivity contribution < 1.29 is 18.6 Å². The quantitative estimate of drug-likeness (QED) is 0.298. The van der Waals surface area contributed by atoms with Crippen molar-refractivity contribution >= 4 is 27.5 Å². The van der Waals surface area contributed by atoms with Crippen LogP contribution in [0.3, 0.4) is 0 Å². The van der Waals surface area contributed by atoms with Gasteiger partial charge >= 0.3 is 6.01 Å². The van der Waals surface area contributed by atoms with E-state index in [2.05, 4.69) is 20.1 Å². The number of nitrogens with zero attached hydrogens (tertiary/aromatic N) is 5. The first-order valence-electron chi connectivity index (χ1n) is 16.5. The summed E-state index contributed by atoms with van der Waals surface area (Å²) in [6.45, 7) is 4.23. The number of nitrogens with one attached hydrogen (secondary N) is 1. The van der Waals surface area contributed by atoms with Crippen LogP contribution in [0, 0.1) is 18.7 Å². The molecular weight excluding hydrogens is 574 g/mol. The number of halogens is 2. The van der Waals surface area contributed by atoms with Gasteiger partial charge in [-0.2, -0.15) is 9.97 Å². The van der Waals surface area contributed by atoms with Crippen LogP contribution in [0.25, 0.3) is 32.9 Å². The minimum atomic E-state index is -0.869. The van der Waals surface area contributed by atoms with E-state index in [1.807, 2.05) is 25.1 Å². The lowest BCUT2D eigenvalue weighted by atomic mass is 9.89. The van der Waals surface area contributed by atoms with Gasteiger partial charge in [-0.25, -0.2) is 8.78 Å². The molecule has 1 aliphatic carbocycles. The lowest BCUT2D eigenvalue weighted by Gasteiger charge is -2.35. The molecule has 4 saturated heterocycles. The van der Waals surface area contributed by atoms with Gasteiger partial charge in [0.15, 0.2) is 5.82 Å². The third-order valence-electron chi connectivity index (χ3n) is 11.3. The van der Waals surface area contributed by atoms with E-state index < -0.39 is 12.0 Å². The molecule has 5 fully saturated rings. The Morgan fingerprint density at radius 1 is 1.07 bits per heavy atom. The SMILES string of the molecule is Cc1cccc2cc(O)cc(-c3ncc4c(N5CC6CCC(C5)N6)nc(OC[C@]56C[C@@H](F)CN5[C@H]5CCC[C@H]5C6)nc4c3F)c12. The first-order chi connectivity index (χ1) is 21.8. The number of hydrogen-bond acceptors (Lipinski definition) is 8. The van der Waals surface area contributed by atoms with Gasteiger partial charge in [0.05, 0.1) is 10.9 Å². The smallest absolute Gasteiger partial charge is 0.319 e. The first kappa shape index (κ1) is 27.7. The van der Waals surface area contributed by atoms with Crippen LogP contribution in [-0.2, 0) is 0 Å². The molecule has 4 aliphatic heterocycles. The molecule has 234 valence electrons. The molecule has 5 aliphatic rings. The third-order valence-corrected chi connectivity index (χ3v) is 11.3. The van der Waals surface area contributed by atoms with E-state index in [-0.39, 0.29) is 35.1 Å². The number of alkyl halides is 1. The fourth-order valence-corrected chi connectivity index (χ4v) is 9.51. The molecule has 2 aromatic heterocycles. The average molecular weight is 613 g/mol. The van der Waals surface area contributed by atoms with Crippen LogP contribution in [-0.4, -0.2) is 81.0 Å². The van der Waals surface area contributed by atoms with Gasteiger partial charge < -0.3 is 20.1 Å². The molecule has 2 unspecified atom stereocenters. The summed E-state index contributed by atoms with van der Waals surface area (Å²) in [7, 11) is 0. The molecule has 4 aromatic rings. The molecule has 2 N–H and O–H groups in total. The van der Waals surface area contributed by atoms with Gasteiger partial charge in [0.1, 0.15) is 35.6 Å². The van der Waals surface area contributed by atoms with Crippen LogP contribution < -0.4 is 15.0 Å². The van der Waals surface area contributed by atoms with E-state index >= 15 is 4.39 Å². The molecule has 2 bridgehead atoms. The van der Waals surface area contributed by atoms with Gasteiger partial charge in [0, 0.05) is 55.9 Å². The lowest BCUT2D eigenvalue weighted by molar-refractivity contribution is 0.0832. The van der Waals surface area contributed by atoms with Crippen LogP contribution in [0.1, 0.15) is 50.5 Å². The highest BCUT2D eigenvalue weighted by Crippen LogP contribution is 2.52. The van der Waals surface area contributed by atoms with Crippen molar-refractivity contribution in [3.8, 4) is 23.0 Å². The molecule has 0 spiro atoms. The second-order valence-electron chi connectivity index (χ2n) is 14.2. The Bertz CT molecular complexity index is 1830. The maximum absolute atomic E-state index is 16.8. The molecule has 2 aromatic carbocycles. The number of fused-ring (bicyclic) bond motifs is 7. The second-order valence-corrected chi connectivity index (χ2v) is 14.2. The number of anilines is 1. The van der Waals surface area contributed by atoms with E-state index in [1.165, 1.54) is 12.8 Å². The Morgan fingerprint density at radius 2 is 1.91 bits per heavy atom. The van der Waals surface area contributed by atoms with Crippen molar-refractivity contribution in [3.63, 3.8) is 0 Å². The summed E-state index contributed by atoms with van der Waals surface area (Å²) in [5.74, 6) is 0.669. The molecule has 1 saturated carbocycles. The van der Waals surface area contributed by atoms with Gasteiger partial charge in [-0.15, -0.1) is 0 Å². The zero-order valence-electron chi connectivity index (χ0n) is 25.5. The Hall–Kier alpha value is -3.63. The van der Waals surface area contributed by atoms with Crippen molar-refractivity contribution in [1.82, 2.24) is 25.2 Å². The Balaban J connectivity index is 1.15. The predicted molar refractivity (Wildman–Crippen MR) is 169 cm³/mol. The summed E-state index contributed by atoms with van der Waals surface area (Å²) in [6, 6.07) is 10.3. The topological polar surface area (TPSA) is 86.6 Å². The van der Waals surface area contributed by atoms with Crippen LogP contribution in [0.15, 0.2) is 36.5 Å². The van der Waals surface area contributed by atoms with E-state index in [0.717, 1.165) is 55.1 Å². The van der Waals surface area contributed by atoms with E-state index in [1.54, 1.807) is 18.3 Å². The van der Waals surface area contributed by atoms with Gasteiger partial charge in [-0.3, -0.25) is 9.88 Å². The van der Waals surface area contributed by atoms with E-state index in [0.29, 0.717) is 53.8 Å². The number of phenols is 1. The molecule has 6 atom stereocenters. The van der Waals surface area contributed by atoms with Gasteiger partial charge in [-0.1, -0.05) is 24.6 Å². The highest BCUT2D eigenvalue weighted by molar-refractivity contribution is 6.01. The number of piperazine rings is 1. The van der Waals surface area contributed by atoms with Crippen LogP contribution >= 0.6 is 0 Å². The maximum Gasteiger partial charge on any atom is 0.319 e. The van der Waals surface area contributed by atoms with Gasteiger partial charge in [0.2, 0.25) is 0 Å². The molecule has 8 nitrogen and oxygen atoms in total. The standard InChI is InChI=1S/C35H38F2N6O2/c1-19-4-2-5-20-10-25(44)11-26(29(19)20)31-30(37)32-27(14-38-31)33(42-16-23-8-9-24(17-42)39-23)41-34(40-32)45-18-35-12-21-6-3-7-28(21)43(35)15-22(36)13-35/h2,4-5,10-11,14,21-24,28,39,44H,3,6-9,12-13,15-18H2,1H3/t21-,22+,23?,24?,28-,35-/m0/s1. The highest BCUT2D eigenvalue weighted by Gasteiger charge is 2.58. The number of aryl methyl sites for hydroxylation is 1. The Morgan fingerprint density at radius 3 is 2.76 bits per heavy atom. The number of pyridine rings is 1. The monoisotopic (exact) mass is 612 g/mol. The summed E-state index contributed by atoms with van der Waals surface area (Å²) in [4.78, 5) is 18.8. The maximum atomic E-state index is 16.8. The second kappa shape index (κ2) is 10.2. The summed E-state index contributed by atoms with van der Waals surface area (Å²) in [5.41, 5.74) is 1.36. The number of rotatable bonds is 5. The zero-order valence-corrected chi connectivity index (χ0v) is 25.5. The highest BCUT2D eigenvalue weighted by atomic mass is 19.1. The number of hydrogen-bond donors (Lipinski definition) is 2. The lowest BCUT2D eigenvalue weighted by Crippen LogP contribution is -2.51. The van der Waals surface area contributed by atoms with Crippen LogP contribution in [0.5, 0.6) is 11.8 Å². The average Bonchev–Trinajstić information content (AvgIpc) is 3.76. The van der Waals surface area contributed by atoms with Gasteiger partial charge in [-0.05, 0) is 73.4 Å². The normalized spacial score (nSPS) is 30.8. The molecule has 45 heavy (non-hydrogen) atoms. The zero-order chi connectivity index (χ0) is 30.4. The number of ether oxygens (including phenoxy) is 1. The minimum Gasteiger partial charge on any atom is -0.508 e. The summed E-state index contributed by atoms with van der Waals surface area (Å²) in [5, 5.41) is 16.4. The van der Waals surface area contributed by atoms with Crippen molar-refractivity contribution in [2.45, 2.75) is 81.7 Å². The first-order valence-corrected chi connectivity index (χ1v) is 16.5. The van der Waals surface area contributed by atoms with Crippen molar-refractivity contribution in [1.29, 1.82) is 0 Å². The summed E-state index contributed by atoms with van der Waals surface area (Å²) >= 11 is 0. The molecule has 0 amide bonds. The number of phenolic OH excluding ortho intramolecular Hbond substituents is 1. The van der Waals surface area contributed by atoms with E-state index in [9.17, 15) is 9.50 Å². The molecule has 10 heteroatoms. The van der Waals surface area contributed by atoms with Crippen LogP contribution in [0.4, 0.5) is 14.6 Å². The summed E-state index contributed by atoms with van der Waals surface area (Å²) in [6.07, 6.45) is 7.86. The molecule has 6 heterocycles. The minimum absolute atomic E-state index is 0.0426. The largest absolute Gasteiger partial charge is 0.508 e. The fraction of sp³-hybridized carbons (Fsp3) is 0.514. The summed E-state index contributed by atoms with van der Waals surface area (Å²) < 4.78 is 38.1. The van der Waals surface area contributed by atoms with Crippen molar-refractivity contribution in [2.24, 2.45) is 5.92 Å². The molecule has 9 rings (SSSR count). The van der Waals surface area contributed by atoms with Crippen molar-refractivity contribution in [2.75, 3.05) is 31.1 Å². The predicted octanol–water partition coefficient (Wildman–Crippen LogP) is 5.67. The fourth-order valence-electron chi connectivity index (χ4n) is 9.51. The number of benzene rings is 2. The van der Waals surface area contributed by atoms with Crippen LogP contribution in [0.2, 0.25) is 0 Å². The Kier molecular flexibility index (Phi) is 6.26. The van der Waals surface area contributed by atoms with Crippen molar-refractivity contribution in [3.05, 3.63) is 47.9 Å². The molecular formula is C35H38F2N6O2. The number of aromatic hydroxyl groups is 1.